The fourth-order valence-corrected chi connectivity index (χ4v) is 2.96. The van der Waals surface area contributed by atoms with E-state index in [1.165, 1.54) is 0 Å². The number of alkyl carbamates (subject to hydrolysis) is 1. The minimum Gasteiger partial charge on any atom is -0.444 e. The molecule has 2 amide bonds. The second-order valence-corrected chi connectivity index (χ2v) is 7.93. The van der Waals surface area contributed by atoms with Gasteiger partial charge in [0.15, 0.2) is 0 Å². The summed E-state index contributed by atoms with van der Waals surface area (Å²) in [7, 11) is 0. The second-order valence-electron chi connectivity index (χ2n) is 7.93. The molecule has 6 heteroatoms. The van der Waals surface area contributed by atoms with Crippen LogP contribution in [0.25, 0.3) is 0 Å². The lowest BCUT2D eigenvalue weighted by Crippen LogP contribution is -2.56. The largest absolute Gasteiger partial charge is 0.444 e. The molecule has 0 aromatic carbocycles. The van der Waals surface area contributed by atoms with Crippen LogP contribution in [0.4, 0.5) is 4.79 Å². The molecule has 1 saturated heterocycles. The molecule has 2 N–H and O–H groups in total. The maximum Gasteiger partial charge on any atom is 0.407 e. The first-order valence-electron chi connectivity index (χ1n) is 8.57. The molecule has 0 spiro atoms. The van der Waals surface area contributed by atoms with Crippen molar-refractivity contribution in [3.8, 4) is 0 Å². The molecule has 0 unspecified atom stereocenters. The molecule has 1 aliphatic heterocycles. The quantitative estimate of drug-likeness (QED) is 0.785. The van der Waals surface area contributed by atoms with Gasteiger partial charge in [-0.05, 0) is 59.3 Å². The summed E-state index contributed by atoms with van der Waals surface area (Å²) >= 11 is 0. The number of amides is 2. The van der Waals surface area contributed by atoms with Crippen molar-refractivity contribution in [1.29, 1.82) is 0 Å². The zero-order chi connectivity index (χ0) is 17.1. The van der Waals surface area contributed by atoms with Crippen molar-refractivity contribution in [2.75, 3.05) is 13.2 Å². The minimum absolute atomic E-state index is 0.00251. The number of hydrogen-bond acceptors (Lipinski definition) is 4. The molecular formula is C17H30N2O4. The molecule has 1 heterocycles. The third kappa shape index (κ3) is 6.01. The van der Waals surface area contributed by atoms with E-state index in [1.807, 2.05) is 27.7 Å². The van der Waals surface area contributed by atoms with Crippen LogP contribution in [-0.2, 0) is 14.3 Å². The molecule has 0 radical (unpaired) electrons. The van der Waals surface area contributed by atoms with Crippen LogP contribution in [0.1, 0.15) is 59.8 Å². The molecule has 0 bridgehead atoms. The molecule has 132 valence electrons. The average Bonchev–Trinajstić information content (AvgIpc) is 3.15. The number of carbonyl (C=O) groups excluding carboxylic acids is 2. The molecular weight excluding hydrogens is 296 g/mol. The van der Waals surface area contributed by atoms with Crippen molar-refractivity contribution in [1.82, 2.24) is 10.6 Å². The highest BCUT2D eigenvalue weighted by Crippen LogP contribution is 2.39. The minimum atomic E-state index is -0.525. The Kier molecular flexibility index (Phi) is 5.55. The summed E-state index contributed by atoms with van der Waals surface area (Å²) in [6.45, 7) is 8.61. The van der Waals surface area contributed by atoms with Gasteiger partial charge in [0.1, 0.15) is 5.60 Å². The average molecular weight is 326 g/mol. The first kappa shape index (κ1) is 18.0. The third-order valence-corrected chi connectivity index (χ3v) is 4.34. The van der Waals surface area contributed by atoms with E-state index in [0.29, 0.717) is 18.9 Å². The third-order valence-electron chi connectivity index (χ3n) is 4.34. The lowest BCUT2D eigenvalue weighted by Gasteiger charge is -2.32. The van der Waals surface area contributed by atoms with Gasteiger partial charge in [0, 0.05) is 13.2 Å². The van der Waals surface area contributed by atoms with E-state index in [2.05, 4.69) is 10.6 Å². The van der Waals surface area contributed by atoms with Crippen molar-refractivity contribution >= 4 is 12.0 Å². The first-order valence-corrected chi connectivity index (χ1v) is 8.57. The lowest BCUT2D eigenvalue weighted by atomic mass is 9.95. The summed E-state index contributed by atoms with van der Waals surface area (Å²) in [6.07, 6.45) is 4.12. The van der Waals surface area contributed by atoms with Crippen LogP contribution in [0.2, 0.25) is 0 Å². The van der Waals surface area contributed by atoms with Gasteiger partial charge in [-0.15, -0.1) is 0 Å². The van der Waals surface area contributed by atoms with E-state index in [4.69, 9.17) is 9.47 Å². The fraction of sp³-hybridized carbons (Fsp3) is 0.882. The van der Waals surface area contributed by atoms with Crippen molar-refractivity contribution < 1.29 is 19.1 Å². The molecule has 1 saturated carbocycles. The second kappa shape index (κ2) is 7.07. The van der Waals surface area contributed by atoms with E-state index in [-0.39, 0.29) is 12.0 Å². The normalized spacial score (nSPS) is 23.9. The highest BCUT2D eigenvalue weighted by atomic mass is 16.6. The highest BCUT2D eigenvalue weighted by molar-refractivity contribution is 5.77. The summed E-state index contributed by atoms with van der Waals surface area (Å²) in [6, 6.07) is 0. The number of nitrogens with one attached hydrogen (secondary N) is 2. The molecule has 2 atom stereocenters. The van der Waals surface area contributed by atoms with Crippen LogP contribution < -0.4 is 10.6 Å². The van der Waals surface area contributed by atoms with Crippen LogP contribution >= 0.6 is 0 Å². The summed E-state index contributed by atoms with van der Waals surface area (Å²) < 4.78 is 10.8. The van der Waals surface area contributed by atoms with Gasteiger partial charge in [-0.25, -0.2) is 4.79 Å². The van der Waals surface area contributed by atoms with Crippen LogP contribution in [0.15, 0.2) is 0 Å². The summed E-state index contributed by atoms with van der Waals surface area (Å²) in [5.74, 6) is 0.406. The molecule has 0 aromatic heterocycles. The predicted octanol–water partition coefficient (Wildman–Crippen LogP) is 2.37. The molecule has 2 aliphatic rings. The SMILES string of the molecule is CC(C)(C)OC(=O)NC[C@](C)(NC(=O)C[C@H]1CCCO1)C1CC1. The van der Waals surface area contributed by atoms with Crippen molar-refractivity contribution in [3.63, 3.8) is 0 Å². The molecule has 23 heavy (non-hydrogen) atoms. The zero-order valence-electron chi connectivity index (χ0n) is 14.7. The fourth-order valence-electron chi connectivity index (χ4n) is 2.96. The van der Waals surface area contributed by atoms with Gasteiger partial charge in [0.2, 0.25) is 5.91 Å². The van der Waals surface area contributed by atoms with Crippen LogP contribution in [0.3, 0.4) is 0 Å². The Labute approximate surface area is 138 Å². The van der Waals surface area contributed by atoms with Gasteiger partial charge in [0.05, 0.1) is 18.1 Å². The maximum absolute atomic E-state index is 12.3. The topological polar surface area (TPSA) is 76.7 Å². The monoisotopic (exact) mass is 326 g/mol. The Morgan fingerprint density at radius 3 is 2.39 bits per heavy atom. The molecule has 2 rings (SSSR count). The smallest absolute Gasteiger partial charge is 0.407 e. The summed E-state index contributed by atoms with van der Waals surface area (Å²) in [5, 5.41) is 5.90. The first-order chi connectivity index (χ1) is 10.7. The zero-order valence-corrected chi connectivity index (χ0v) is 14.7. The summed E-state index contributed by atoms with van der Waals surface area (Å²) in [5.41, 5.74) is -0.949. The van der Waals surface area contributed by atoms with Crippen LogP contribution in [-0.4, -0.2) is 42.4 Å². The molecule has 6 nitrogen and oxygen atoms in total. The van der Waals surface area contributed by atoms with E-state index in [1.54, 1.807) is 0 Å². The number of ether oxygens (including phenoxy) is 2. The van der Waals surface area contributed by atoms with E-state index < -0.39 is 17.2 Å². The van der Waals surface area contributed by atoms with Crippen molar-refractivity contribution in [3.05, 3.63) is 0 Å². The maximum atomic E-state index is 12.3. The Morgan fingerprint density at radius 2 is 1.87 bits per heavy atom. The van der Waals surface area contributed by atoms with E-state index in [0.717, 1.165) is 32.3 Å². The number of carbonyl (C=O) groups is 2. The van der Waals surface area contributed by atoms with E-state index in [9.17, 15) is 9.59 Å². The van der Waals surface area contributed by atoms with Gasteiger partial charge in [-0.1, -0.05) is 0 Å². The Morgan fingerprint density at radius 1 is 1.17 bits per heavy atom. The number of hydrogen-bond donors (Lipinski definition) is 2. The molecule has 2 fully saturated rings. The van der Waals surface area contributed by atoms with Gasteiger partial charge < -0.3 is 20.1 Å². The molecule has 1 aliphatic carbocycles. The highest BCUT2D eigenvalue weighted by Gasteiger charge is 2.43. The molecule has 0 aromatic rings. The van der Waals surface area contributed by atoms with E-state index >= 15 is 0 Å². The van der Waals surface area contributed by atoms with Gasteiger partial charge >= 0.3 is 6.09 Å². The Hall–Kier alpha value is -1.30. The van der Waals surface area contributed by atoms with Crippen molar-refractivity contribution in [2.45, 2.75) is 77.0 Å². The van der Waals surface area contributed by atoms with Crippen LogP contribution in [0.5, 0.6) is 0 Å². The Bertz CT molecular complexity index is 436. The van der Waals surface area contributed by atoms with Crippen LogP contribution in [0, 0.1) is 5.92 Å². The summed E-state index contributed by atoms with van der Waals surface area (Å²) in [4.78, 5) is 24.1. The number of rotatable bonds is 6. The lowest BCUT2D eigenvalue weighted by molar-refractivity contribution is -0.125. The van der Waals surface area contributed by atoms with Crippen molar-refractivity contribution in [2.24, 2.45) is 5.92 Å². The van der Waals surface area contributed by atoms with Gasteiger partial charge in [-0.3, -0.25) is 4.79 Å². The van der Waals surface area contributed by atoms with Gasteiger partial charge in [0.25, 0.3) is 0 Å². The predicted molar refractivity (Wildman–Crippen MR) is 87.1 cm³/mol. The Balaban J connectivity index is 1.83. The standard InChI is InChI=1S/C17H30N2O4/c1-16(2,3)23-15(21)18-11-17(4,12-7-8-12)19-14(20)10-13-6-5-9-22-13/h12-13H,5-11H2,1-4H3,(H,18,21)(H,19,20)/t13-,17+/m1/s1. The van der Waals surface area contributed by atoms with Gasteiger partial charge in [-0.2, -0.15) is 0 Å².